The third-order valence-electron chi connectivity index (χ3n) is 5.99. The van der Waals surface area contributed by atoms with Crippen LogP contribution in [-0.2, 0) is 11.3 Å². The van der Waals surface area contributed by atoms with Crippen LogP contribution in [-0.4, -0.2) is 46.8 Å². The fourth-order valence-corrected chi connectivity index (χ4v) is 4.37. The molecule has 2 aliphatic heterocycles. The molecule has 3 heterocycles. The van der Waals surface area contributed by atoms with Crippen molar-refractivity contribution in [1.82, 2.24) is 14.5 Å². The van der Waals surface area contributed by atoms with Crippen molar-refractivity contribution in [3.63, 3.8) is 0 Å². The van der Waals surface area contributed by atoms with Crippen LogP contribution in [0.5, 0.6) is 0 Å². The van der Waals surface area contributed by atoms with Gasteiger partial charge in [-0.25, -0.2) is 9.37 Å². The van der Waals surface area contributed by atoms with Gasteiger partial charge in [0, 0.05) is 25.8 Å². The summed E-state index contributed by atoms with van der Waals surface area (Å²) in [6, 6.07) is 4.21. The fourth-order valence-electron chi connectivity index (χ4n) is 4.37. The molecule has 5 nitrogen and oxygen atoms in total. The molecule has 2 saturated heterocycles. The van der Waals surface area contributed by atoms with Gasteiger partial charge in [-0.15, -0.1) is 0 Å². The molecule has 6 heteroatoms. The molecule has 0 bridgehead atoms. The van der Waals surface area contributed by atoms with Gasteiger partial charge in [0.15, 0.2) is 0 Å². The van der Waals surface area contributed by atoms with E-state index in [1.807, 2.05) is 6.92 Å². The lowest BCUT2D eigenvalue weighted by Gasteiger charge is -2.35. The van der Waals surface area contributed by atoms with E-state index in [0.29, 0.717) is 35.3 Å². The quantitative estimate of drug-likeness (QED) is 0.826. The third kappa shape index (κ3) is 4.22. The molecule has 146 valence electrons. The highest BCUT2D eigenvalue weighted by Gasteiger charge is 2.24. The summed E-state index contributed by atoms with van der Waals surface area (Å²) in [7, 11) is 0. The number of nitrogens with zero attached hydrogens (tertiary/aromatic N) is 3. The zero-order valence-electron chi connectivity index (χ0n) is 16.0. The summed E-state index contributed by atoms with van der Waals surface area (Å²) in [4.78, 5) is 19.8. The summed E-state index contributed by atoms with van der Waals surface area (Å²) in [5, 5.41) is 0.494. The minimum absolute atomic E-state index is 0.0597. The third-order valence-corrected chi connectivity index (χ3v) is 5.99. The number of ether oxygens (including phenoxy) is 1. The Morgan fingerprint density at radius 1 is 1.19 bits per heavy atom. The Morgan fingerprint density at radius 3 is 2.74 bits per heavy atom. The van der Waals surface area contributed by atoms with Crippen LogP contribution in [0.25, 0.3) is 10.9 Å². The number of hydrogen-bond acceptors (Lipinski definition) is 4. The molecule has 1 unspecified atom stereocenters. The first-order chi connectivity index (χ1) is 13.1. The van der Waals surface area contributed by atoms with E-state index in [1.54, 1.807) is 10.6 Å². The van der Waals surface area contributed by atoms with Crippen molar-refractivity contribution in [3.05, 3.63) is 40.2 Å². The van der Waals surface area contributed by atoms with E-state index in [-0.39, 0.29) is 11.4 Å². The van der Waals surface area contributed by atoms with E-state index >= 15 is 0 Å². The zero-order valence-corrected chi connectivity index (χ0v) is 16.0. The minimum atomic E-state index is -0.360. The van der Waals surface area contributed by atoms with Crippen LogP contribution in [0.2, 0.25) is 0 Å². The van der Waals surface area contributed by atoms with Gasteiger partial charge >= 0.3 is 0 Å². The summed E-state index contributed by atoms with van der Waals surface area (Å²) in [6.07, 6.45) is 6.21. The van der Waals surface area contributed by atoms with Gasteiger partial charge in [0.1, 0.15) is 11.6 Å². The van der Waals surface area contributed by atoms with E-state index in [2.05, 4.69) is 9.88 Å². The maximum absolute atomic E-state index is 13.4. The largest absolute Gasteiger partial charge is 0.377 e. The normalized spacial score (nSPS) is 22.4. The second kappa shape index (κ2) is 8.07. The van der Waals surface area contributed by atoms with Crippen molar-refractivity contribution in [2.24, 2.45) is 5.92 Å². The SMILES string of the molecule is Cc1nc2cc(F)ccc2c(=O)n1CC1CCN(CC2CCCCO2)CC1. The molecule has 0 N–H and O–H groups in total. The van der Waals surface area contributed by atoms with Crippen LogP contribution in [0.4, 0.5) is 4.39 Å². The Labute approximate surface area is 159 Å². The molecule has 0 saturated carbocycles. The Balaban J connectivity index is 1.40. The summed E-state index contributed by atoms with van der Waals surface area (Å²) in [5.74, 6) is 0.779. The second-order valence-electron chi connectivity index (χ2n) is 7.97. The van der Waals surface area contributed by atoms with Crippen LogP contribution in [0.3, 0.4) is 0 Å². The van der Waals surface area contributed by atoms with E-state index in [9.17, 15) is 9.18 Å². The average Bonchev–Trinajstić information content (AvgIpc) is 2.67. The van der Waals surface area contributed by atoms with Crippen molar-refractivity contribution < 1.29 is 9.13 Å². The maximum atomic E-state index is 13.4. The number of rotatable bonds is 4. The Bertz CT molecular complexity index is 852. The van der Waals surface area contributed by atoms with Gasteiger partial charge in [0.25, 0.3) is 5.56 Å². The lowest BCUT2D eigenvalue weighted by atomic mass is 9.96. The monoisotopic (exact) mass is 373 g/mol. The molecule has 4 rings (SSSR count). The highest BCUT2D eigenvalue weighted by Crippen LogP contribution is 2.22. The Kier molecular flexibility index (Phi) is 5.55. The van der Waals surface area contributed by atoms with Gasteiger partial charge in [0.2, 0.25) is 0 Å². The molecule has 2 aromatic rings. The molecule has 1 atom stereocenters. The standard InChI is InChI=1S/C21H28FN3O2/c1-15-23-20-12-17(22)5-6-19(20)21(26)25(15)13-16-7-9-24(10-8-16)14-18-4-2-3-11-27-18/h5-6,12,16,18H,2-4,7-11,13-14H2,1H3. The smallest absolute Gasteiger partial charge is 0.261 e. The Morgan fingerprint density at radius 2 is 2.00 bits per heavy atom. The maximum Gasteiger partial charge on any atom is 0.261 e. The number of likely N-dealkylation sites (tertiary alicyclic amines) is 1. The molecule has 0 spiro atoms. The predicted molar refractivity (Wildman–Crippen MR) is 103 cm³/mol. The molecular weight excluding hydrogens is 345 g/mol. The zero-order chi connectivity index (χ0) is 18.8. The van der Waals surface area contributed by atoms with Gasteiger partial charge in [-0.1, -0.05) is 0 Å². The van der Waals surface area contributed by atoms with E-state index in [1.165, 1.54) is 31.4 Å². The summed E-state index contributed by atoms with van der Waals surface area (Å²) < 4.78 is 21.0. The van der Waals surface area contributed by atoms with Crippen molar-refractivity contribution in [2.75, 3.05) is 26.2 Å². The van der Waals surface area contributed by atoms with Crippen molar-refractivity contribution in [1.29, 1.82) is 0 Å². The van der Waals surface area contributed by atoms with Gasteiger partial charge in [-0.2, -0.15) is 0 Å². The van der Waals surface area contributed by atoms with Gasteiger partial charge in [-0.05, 0) is 70.2 Å². The first kappa shape index (κ1) is 18.6. The summed E-state index contributed by atoms with van der Waals surface area (Å²) >= 11 is 0. The van der Waals surface area contributed by atoms with Crippen molar-refractivity contribution in [2.45, 2.75) is 51.7 Å². The van der Waals surface area contributed by atoms with Crippen molar-refractivity contribution >= 4 is 10.9 Å². The van der Waals surface area contributed by atoms with Crippen LogP contribution >= 0.6 is 0 Å². The van der Waals surface area contributed by atoms with Gasteiger partial charge < -0.3 is 9.64 Å². The molecule has 1 aromatic carbocycles. The highest BCUT2D eigenvalue weighted by molar-refractivity contribution is 5.77. The number of aryl methyl sites for hydroxylation is 1. The topological polar surface area (TPSA) is 47.4 Å². The molecule has 2 fully saturated rings. The summed E-state index contributed by atoms with van der Waals surface area (Å²) in [6.45, 7) is 6.59. The number of benzene rings is 1. The van der Waals surface area contributed by atoms with E-state index in [4.69, 9.17) is 4.74 Å². The first-order valence-electron chi connectivity index (χ1n) is 10.1. The lowest BCUT2D eigenvalue weighted by Crippen LogP contribution is -2.42. The van der Waals surface area contributed by atoms with Crippen LogP contribution in [0.1, 0.15) is 37.9 Å². The number of fused-ring (bicyclic) bond motifs is 1. The fraction of sp³-hybridized carbons (Fsp3) is 0.619. The summed E-state index contributed by atoms with van der Waals surface area (Å²) in [5.41, 5.74) is 0.381. The molecule has 0 radical (unpaired) electrons. The number of hydrogen-bond donors (Lipinski definition) is 0. The van der Waals surface area contributed by atoms with Crippen molar-refractivity contribution in [3.8, 4) is 0 Å². The van der Waals surface area contributed by atoms with Crippen LogP contribution in [0.15, 0.2) is 23.0 Å². The number of aromatic nitrogens is 2. The number of halogens is 1. The van der Waals surface area contributed by atoms with Gasteiger partial charge in [0.05, 0.1) is 17.0 Å². The average molecular weight is 373 g/mol. The predicted octanol–water partition coefficient (Wildman–Crippen LogP) is 3.13. The van der Waals surface area contributed by atoms with Gasteiger partial charge in [-0.3, -0.25) is 9.36 Å². The van der Waals surface area contributed by atoms with Crippen LogP contribution in [0, 0.1) is 18.7 Å². The molecule has 2 aliphatic rings. The van der Waals surface area contributed by atoms with E-state index in [0.717, 1.165) is 39.1 Å². The molecule has 1 aromatic heterocycles. The first-order valence-corrected chi connectivity index (χ1v) is 10.1. The molecule has 27 heavy (non-hydrogen) atoms. The Hall–Kier alpha value is -1.79. The number of piperidine rings is 1. The molecule has 0 amide bonds. The van der Waals surface area contributed by atoms with E-state index < -0.39 is 0 Å². The minimum Gasteiger partial charge on any atom is -0.377 e. The highest BCUT2D eigenvalue weighted by atomic mass is 19.1. The lowest BCUT2D eigenvalue weighted by molar-refractivity contribution is -0.0117. The molecular formula is C21H28FN3O2. The van der Waals surface area contributed by atoms with Crippen LogP contribution < -0.4 is 5.56 Å². The second-order valence-corrected chi connectivity index (χ2v) is 7.97. The molecule has 0 aliphatic carbocycles.